The van der Waals surface area contributed by atoms with Crippen LogP contribution < -0.4 is 0 Å². The van der Waals surface area contributed by atoms with Crippen LogP contribution in [-0.2, 0) is 11.8 Å². The molecule has 0 aromatic carbocycles. The minimum atomic E-state index is -0.229. The number of aryl methyl sites for hydroxylation is 1. The van der Waals surface area contributed by atoms with Crippen molar-refractivity contribution in [2.75, 3.05) is 6.61 Å². The van der Waals surface area contributed by atoms with Gasteiger partial charge in [-0.3, -0.25) is 0 Å². The summed E-state index contributed by atoms with van der Waals surface area (Å²) in [6.07, 6.45) is 7.21. The highest BCUT2D eigenvalue weighted by molar-refractivity contribution is 5.87. The Morgan fingerprint density at radius 2 is 2.40 bits per heavy atom. The fourth-order valence-electron chi connectivity index (χ4n) is 1.49. The molecule has 80 valence electrons. The zero-order valence-electron chi connectivity index (χ0n) is 8.90. The van der Waals surface area contributed by atoms with Crippen molar-refractivity contribution >= 4 is 5.97 Å². The molecule has 1 heterocycles. The Bertz CT molecular complexity index is 390. The topological polar surface area (TPSA) is 31.2 Å². The number of hydrogen-bond donors (Lipinski definition) is 0. The van der Waals surface area contributed by atoms with Gasteiger partial charge in [-0.05, 0) is 31.4 Å². The number of esters is 1. The molecule has 15 heavy (non-hydrogen) atoms. The van der Waals surface area contributed by atoms with Gasteiger partial charge in [-0.1, -0.05) is 11.6 Å². The predicted octanol–water partition coefficient (Wildman–Crippen LogP) is 2.29. The molecule has 1 aliphatic rings. The van der Waals surface area contributed by atoms with Crippen molar-refractivity contribution in [3.8, 4) is 0 Å². The Morgan fingerprint density at radius 3 is 3.00 bits per heavy atom. The first-order chi connectivity index (χ1) is 7.27. The molecular weight excluding hydrogens is 190 g/mol. The Labute approximate surface area is 89.3 Å². The van der Waals surface area contributed by atoms with Crippen LogP contribution in [0.4, 0.5) is 0 Å². The summed E-state index contributed by atoms with van der Waals surface area (Å²) in [5.41, 5.74) is 2.10. The van der Waals surface area contributed by atoms with E-state index in [0.29, 0.717) is 12.3 Å². The van der Waals surface area contributed by atoms with Gasteiger partial charge in [-0.2, -0.15) is 0 Å². The summed E-state index contributed by atoms with van der Waals surface area (Å²) in [7, 11) is 1.84. The number of allylic oxidation sites excluding steroid dienone is 2. The van der Waals surface area contributed by atoms with E-state index in [4.69, 9.17) is 4.74 Å². The van der Waals surface area contributed by atoms with Crippen molar-refractivity contribution in [1.29, 1.82) is 0 Å². The zero-order valence-corrected chi connectivity index (χ0v) is 8.90. The molecule has 0 saturated carbocycles. The van der Waals surface area contributed by atoms with Gasteiger partial charge in [0.2, 0.25) is 0 Å². The van der Waals surface area contributed by atoms with E-state index >= 15 is 0 Å². The fraction of sp³-hybridized carbons (Fsp3) is 0.417. The molecule has 0 saturated heterocycles. The molecule has 0 N–H and O–H groups in total. The van der Waals surface area contributed by atoms with Crippen LogP contribution in [0.2, 0.25) is 0 Å². The summed E-state index contributed by atoms with van der Waals surface area (Å²) in [5, 5.41) is 0. The summed E-state index contributed by atoms with van der Waals surface area (Å²) >= 11 is 0. The molecule has 1 aliphatic carbocycles. The number of ether oxygens (including phenoxy) is 1. The number of aromatic nitrogens is 1. The third-order valence-corrected chi connectivity index (χ3v) is 2.52. The van der Waals surface area contributed by atoms with Crippen LogP contribution in [0.3, 0.4) is 0 Å². The average molecular weight is 205 g/mol. The van der Waals surface area contributed by atoms with E-state index in [-0.39, 0.29) is 5.97 Å². The highest BCUT2D eigenvalue weighted by Crippen LogP contribution is 2.23. The maximum Gasteiger partial charge on any atom is 0.354 e. The maximum atomic E-state index is 11.5. The van der Waals surface area contributed by atoms with Gasteiger partial charge in [0, 0.05) is 13.2 Å². The van der Waals surface area contributed by atoms with Crippen LogP contribution >= 0.6 is 0 Å². The molecule has 0 atom stereocenters. The van der Waals surface area contributed by atoms with Crippen LogP contribution in [0.5, 0.6) is 0 Å². The molecule has 0 unspecified atom stereocenters. The van der Waals surface area contributed by atoms with E-state index in [2.05, 4.69) is 6.08 Å². The van der Waals surface area contributed by atoms with E-state index in [1.54, 1.807) is 10.6 Å². The lowest BCUT2D eigenvalue weighted by Gasteiger charge is -2.04. The molecule has 3 nitrogen and oxygen atoms in total. The van der Waals surface area contributed by atoms with Crippen LogP contribution in [0.25, 0.3) is 0 Å². The molecular formula is C12H15NO2. The first-order valence-electron chi connectivity index (χ1n) is 5.24. The predicted molar refractivity (Wildman–Crippen MR) is 57.6 cm³/mol. The van der Waals surface area contributed by atoms with Crippen molar-refractivity contribution in [2.24, 2.45) is 7.05 Å². The number of nitrogens with zero attached hydrogens (tertiary/aromatic N) is 1. The monoisotopic (exact) mass is 205 g/mol. The Balaban J connectivity index is 1.72. The van der Waals surface area contributed by atoms with Gasteiger partial charge in [-0.15, -0.1) is 0 Å². The van der Waals surface area contributed by atoms with Crippen LogP contribution in [0.1, 0.15) is 29.8 Å². The lowest BCUT2D eigenvalue weighted by atomic mass is 10.3. The highest BCUT2D eigenvalue weighted by atomic mass is 16.5. The van der Waals surface area contributed by atoms with Gasteiger partial charge in [0.25, 0.3) is 0 Å². The third-order valence-electron chi connectivity index (χ3n) is 2.52. The Morgan fingerprint density at radius 1 is 1.60 bits per heavy atom. The largest absolute Gasteiger partial charge is 0.461 e. The van der Waals surface area contributed by atoms with Crippen molar-refractivity contribution in [3.05, 3.63) is 35.7 Å². The molecule has 0 radical (unpaired) electrons. The van der Waals surface area contributed by atoms with E-state index in [1.807, 2.05) is 19.3 Å². The lowest BCUT2D eigenvalue weighted by molar-refractivity contribution is 0.0490. The molecule has 2 rings (SSSR count). The molecule has 1 aromatic heterocycles. The number of carbonyl (C=O) groups is 1. The molecule has 0 bridgehead atoms. The van der Waals surface area contributed by atoms with E-state index in [0.717, 1.165) is 19.3 Å². The minimum absolute atomic E-state index is 0.229. The molecule has 0 amide bonds. The standard InChI is InChI=1S/C12H15NO2/c1-13-8-2-5-11(13)12(14)15-9-3-4-10-6-7-10/h2,5-6,8H,3-4,7,9H2,1H3. The second-order valence-electron chi connectivity index (χ2n) is 3.81. The lowest BCUT2D eigenvalue weighted by Crippen LogP contribution is -2.10. The van der Waals surface area contributed by atoms with Crippen LogP contribution in [-0.4, -0.2) is 17.1 Å². The summed E-state index contributed by atoms with van der Waals surface area (Å²) in [5.74, 6) is -0.229. The molecule has 0 fully saturated rings. The third kappa shape index (κ3) is 2.72. The number of carbonyl (C=O) groups excluding carboxylic acids is 1. The van der Waals surface area contributed by atoms with Crippen LogP contribution in [0, 0.1) is 0 Å². The minimum Gasteiger partial charge on any atom is -0.461 e. The molecule has 0 aliphatic heterocycles. The van der Waals surface area contributed by atoms with Gasteiger partial charge in [0.05, 0.1) is 6.61 Å². The Hall–Kier alpha value is -1.51. The van der Waals surface area contributed by atoms with Gasteiger partial charge < -0.3 is 9.30 Å². The first kappa shape index (κ1) is 10.0. The van der Waals surface area contributed by atoms with Crippen molar-refractivity contribution < 1.29 is 9.53 Å². The Kier molecular flexibility index (Phi) is 2.90. The van der Waals surface area contributed by atoms with Crippen molar-refractivity contribution in [1.82, 2.24) is 4.57 Å². The molecule has 3 heteroatoms. The summed E-state index contributed by atoms with van der Waals surface area (Å²) < 4.78 is 6.93. The van der Waals surface area contributed by atoms with Crippen molar-refractivity contribution in [3.63, 3.8) is 0 Å². The SMILES string of the molecule is Cn1cccc1C(=O)OCCCC1=CC1. The average Bonchev–Trinajstić information content (AvgIpc) is 2.94. The van der Waals surface area contributed by atoms with Gasteiger partial charge in [-0.25, -0.2) is 4.79 Å². The number of hydrogen-bond acceptors (Lipinski definition) is 2. The molecule has 1 aromatic rings. The fourth-order valence-corrected chi connectivity index (χ4v) is 1.49. The summed E-state index contributed by atoms with van der Waals surface area (Å²) in [4.78, 5) is 11.5. The van der Waals surface area contributed by atoms with Gasteiger partial charge >= 0.3 is 5.97 Å². The molecule has 0 spiro atoms. The van der Waals surface area contributed by atoms with Gasteiger partial charge in [0.15, 0.2) is 0 Å². The normalized spacial score (nSPS) is 13.5. The van der Waals surface area contributed by atoms with E-state index in [9.17, 15) is 4.79 Å². The smallest absolute Gasteiger partial charge is 0.354 e. The zero-order chi connectivity index (χ0) is 10.7. The van der Waals surface area contributed by atoms with Crippen LogP contribution in [0.15, 0.2) is 30.0 Å². The van der Waals surface area contributed by atoms with Gasteiger partial charge in [0.1, 0.15) is 5.69 Å². The summed E-state index contributed by atoms with van der Waals surface area (Å²) in [6.45, 7) is 0.515. The summed E-state index contributed by atoms with van der Waals surface area (Å²) in [6, 6.07) is 3.61. The van der Waals surface area contributed by atoms with Crippen molar-refractivity contribution in [2.45, 2.75) is 19.3 Å². The maximum absolute atomic E-state index is 11.5. The quantitative estimate of drug-likeness (QED) is 0.419. The highest BCUT2D eigenvalue weighted by Gasteiger charge is 2.10. The number of rotatable bonds is 5. The second kappa shape index (κ2) is 4.34. The van der Waals surface area contributed by atoms with E-state index in [1.165, 1.54) is 5.57 Å². The van der Waals surface area contributed by atoms with E-state index < -0.39 is 0 Å². The first-order valence-corrected chi connectivity index (χ1v) is 5.24. The second-order valence-corrected chi connectivity index (χ2v) is 3.81.